The maximum Gasteiger partial charge on any atom is 0.475 e. The summed E-state index contributed by atoms with van der Waals surface area (Å²) in [6.45, 7) is 5.30. The fraction of sp³-hybridized carbons (Fsp3) is 0.364. The van der Waals surface area contributed by atoms with E-state index in [4.69, 9.17) is 0 Å². The zero-order chi connectivity index (χ0) is 24.5. The van der Waals surface area contributed by atoms with Crippen LogP contribution in [-0.2, 0) is 4.79 Å². The smallest absolute Gasteiger partial charge is 0.475 e. The van der Waals surface area contributed by atoms with Crippen molar-refractivity contribution in [1.82, 2.24) is 16.0 Å². The van der Waals surface area contributed by atoms with E-state index in [-0.39, 0.29) is 24.6 Å². The summed E-state index contributed by atoms with van der Waals surface area (Å²) in [7, 11) is -1.81. The van der Waals surface area contributed by atoms with Gasteiger partial charge in [-0.2, -0.15) is 4.73 Å². The highest BCUT2D eigenvalue weighted by molar-refractivity contribution is 6.43. The van der Waals surface area contributed by atoms with Crippen molar-refractivity contribution in [3.05, 3.63) is 70.7 Å². The minimum absolute atomic E-state index is 0.0510. The van der Waals surface area contributed by atoms with Crippen LogP contribution in [0.2, 0.25) is 0 Å². The molecule has 2 rings (SSSR count). The maximum absolute atomic E-state index is 12.9. The molecule has 1 heterocycles. The molecule has 3 amide bonds. The van der Waals surface area contributed by atoms with Crippen molar-refractivity contribution < 1.29 is 29.2 Å². The van der Waals surface area contributed by atoms with E-state index in [9.17, 15) is 29.6 Å². The topological polar surface area (TPSA) is 155 Å². The molecule has 0 spiro atoms. The van der Waals surface area contributed by atoms with E-state index in [0.717, 1.165) is 11.8 Å². The Bertz CT molecular complexity index is 968. The standard InChI is InChI=1S/C22H29BN4O6/c1-14(2)12-19(23(31)32)26-21(29)17(25-22(30)18-6-4-5-11-27(18)33)13-24-20(28)16-9-7-15(3)8-10-16/h4-11,14,17,19,31-32H,12-13H2,1-3H3,(H,24,28)(H,25,30)(H,26,29)/t17-,19-/m0/s1. The predicted molar refractivity (Wildman–Crippen MR) is 122 cm³/mol. The fourth-order valence-electron chi connectivity index (χ4n) is 3.09. The van der Waals surface area contributed by atoms with E-state index < -0.39 is 36.8 Å². The second-order valence-corrected chi connectivity index (χ2v) is 8.17. The second kappa shape index (κ2) is 12.0. The molecule has 1 aromatic heterocycles. The Morgan fingerprint density at radius 1 is 1.03 bits per heavy atom. The number of nitrogens with zero attached hydrogens (tertiary/aromatic N) is 1. The number of aromatic nitrogens is 1. The molecule has 0 radical (unpaired) electrons. The Labute approximate surface area is 192 Å². The Hall–Kier alpha value is -3.44. The summed E-state index contributed by atoms with van der Waals surface area (Å²) in [5, 5.41) is 38.7. The normalized spacial score (nSPS) is 12.5. The van der Waals surface area contributed by atoms with Gasteiger partial charge in [0.1, 0.15) is 6.04 Å². The molecule has 176 valence electrons. The van der Waals surface area contributed by atoms with Gasteiger partial charge in [-0.1, -0.05) is 31.5 Å². The molecule has 0 saturated carbocycles. The molecule has 0 fully saturated rings. The van der Waals surface area contributed by atoms with Crippen molar-refractivity contribution in [3.8, 4) is 0 Å². The molecule has 0 bridgehead atoms. The van der Waals surface area contributed by atoms with Gasteiger partial charge >= 0.3 is 13.0 Å². The monoisotopic (exact) mass is 456 g/mol. The van der Waals surface area contributed by atoms with E-state index >= 15 is 0 Å². The lowest BCUT2D eigenvalue weighted by Crippen LogP contribution is -2.58. The average Bonchev–Trinajstić information content (AvgIpc) is 2.76. The zero-order valence-corrected chi connectivity index (χ0v) is 18.8. The van der Waals surface area contributed by atoms with Crippen LogP contribution in [0.3, 0.4) is 0 Å². The molecule has 0 saturated heterocycles. The number of pyridine rings is 1. The summed E-state index contributed by atoms with van der Waals surface area (Å²) < 4.78 is 0.355. The molecule has 2 atom stereocenters. The third kappa shape index (κ3) is 7.88. The molecule has 0 unspecified atom stereocenters. The van der Waals surface area contributed by atoms with E-state index in [2.05, 4.69) is 16.0 Å². The number of carbonyl (C=O) groups is 3. The molecular weight excluding hydrogens is 427 g/mol. The summed E-state index contributed by atoms with van der Waals surface area (Å²) in [5.41, 5.74) is 1.11. The predicted octanol–water partition coefficient (Wildman–Crippen LogP) is -0.300. The summed E-state index contributed by atoms with van der Waals surface area (Å²) >= 11 is 0. The molecule has 5 N–H and O–H groups in total. The molecule has 33 heavy (non-hydrogen) atoms. The van der Waals surface area contributed by atoms with Crippen LogP contribution in [0.4, 0.5) is 0 Å². The first-order valence-electron chi connectivity index (χ1n) is 10.6. The van der Waals surface area contributed by atoms with Crippen molar-refractivity contribution >= 4 is 24.8 Å². The number of rotatable bonds is 10. The van der Waals surface area contributed by atoms with Gasteiger partial charge in [-0.3, -0.25) is 14.4 Å². The first-order chi connectivity index (χ1) is 15.6. The van der Waals surface area contributed by atoms with Crippen LogP contribution in [0.15, 0.2) is 48.7 Å². The van der Waals surface area contributed by atoms with Gasteiger partial charge in [-0.05, 0) is 37.5 Å². The third-order valence-corrected chi connectivity index (χ3v) is 4.87. The van der Waals surface area contributed by atoms with Gasteiger partial charge in [0.05, 0.1) is 5.94 Å². The van der Waals surface area contributed by atoms with Crippen LogP contribution >= 0.6 is 0 Å². The van der Waals surface area contributed by atoms with Gasteiger partial charge < -0.3 is 31.2 Å². The zero-order valence-electron chi connectivity index (χ0n) is 18.8. The van der Waals surface area contributed by atoms with Crippen LogP contribution < -0.4 is 20.7 Å². The molecule has 1 aromatic carbocycles. The van der Waals surface area contributed by atoms with Crippen molar-refractivity contribution in [2.75, 3.05) is 6.54 Å². The Balaban J connectivity index is 2.17. The van der Waals surface area contributed by atoms with Crippen LogP contribution in [-0.4, -0.2) is 53.4 Å². The molecule has 0 aliphatic carbocycles. The number of amides is 3. The third-order valence-electron chi connectivity index (χ3n) is 4.87. The van der Waals surface area contributed by atoms with E-state index in [1.807, 2.05) is 20.8 Å². The Morgan fingerprint density at radius 2 is 1.70 bits per heavy atom. The number of carbonyl (C=O) groups excluding carboxylic acids is 3. The molecule has 2 aromatic rings. The molecule has 0 aliphatic rings. The number of nitrogens with one attached hydrogen (secondary N) is 3. The van der Waals surface area contributed by atoms with Crippen LogP contribution in [0, 0.1) is 18.0 Å². The summed E-state index contributed by atoms with van der Waals surface area (Å²) in [6.07, 6.45) is 1.42. The first kappa shape index (κ1) is 25.8. The van der Waals surface area contributed by atoms with Gasteiger partial charge in [0.15, 0.2) is 6.20 Å². The average molecular weight is 456 g/mol. The molecule has 10 nitrogen and oxygen atoms in total. The molecule has 11 heteroatoms. The number of hydrogen-bond donors (Lipinski definition) is 5. The maximum atomic E-state index is 12.9. The van der Waals surface area contributed by atoms with E-state index in [1.165, 1.54) is 18.2 Å². The highest BCUT2D eigenvalue weighted by atomic mass is 16.5. The largest absolute Gasteiger partial charge is 0.618 e. The van der Waals surface area contributed by atoms with Gasteiger partial charge in [-0.15, -0.1) is 0 Å². The van der Waals surface area contributed by atoms with Crippen molar-refractivity contribution in [3.63, 3.8) is 0 Å². The van der Waals surface area contributed by atoms with Crippen LogP contribution in [0.1, 0.15) is 46.7 Å². The highest BCUT2D eigenvalue weighted by Gasteiger charge is 2.31. The lowest BCUT2D eigenvalue weighted by molar-refractivity contribution is -0.607. The first-order valence-corrected chi connectivity index (χ1v) is 10.6. The second-order valence-electron chi connectivity index (χ2n) is 8.17. The van der Waals surface area contributed by atoms with Crippen LogP contribution in [0.25, 0.3) is 0 Å². The number of hydrogen-bond acceptors (Lipinski definition) is 6. The quantitative estimate of drug-likeness (QED) is 0.188. The van der Waals surface area contributed by atoms with Crippen molar-refractivity contribution in [2.45, 2.75) is 39.2 Å². The lowest BCUT2D eigenvalue weighted by atomic mass is 9.75. The highest BCUT2D eigenvalue weighted by Crippen LogP contribution is 2.07. The summed E-state index contributed by atoms with van der Waals surface area (Å²) in [5.74, 6) is -2.94. The minimum Gasteiger partial charge on any atom is -0.618 e. The number of aryl methyl sites for hydroxylation is 1. The van der Waals surface area contributed by atoms with Gasteiger partial charge in [0, 0.05) is 24.2 Å². The van der Waals surface area contributed by atoms with E-state index in [1.54, 1.807) is 24.3 Å². The summed E-state index contributed by atoms with van der Waals surface area (Å²) in [6, 6.07) is 9.76. The molecule has 0 aliphatic heterocycles. The fourth-order valence-corrected chi connectivity index (χ4v) is 3.09. The van der Waals surface area contributed by atoms with E-state index in [0.29, 0.717) is 10.3 Å². The van der Waals surface area contributed by atoms with Gasteiger partial charge in [0.2, 0.25) is 5.91 Å². The summed E-state index contributed by atoms with van der Waals surface area (Å²) in [4.78, 5) is 38.0. The van der Waals surface area contributed by atoms with Crippen molar-refractivity contribution in [2.24, 2.45) is 5.92 Å². The Morgan fingerprint density at radius 3 is 2.27 bits per heavy atom. The minimum atomic E-state index is -1.81. The SMILES string of the molecule is Cc1ccc(C(=O)NC[C@H](NC(=O)c2cccc[n+]2[O-])C(=O)N[C@@H](CC(C)C)B(O)O)cc1. The molecular formula is C22H29BN4O6. The van der Waals surface area contributed by atoms with Crippen LogP contribution in [0.5, 0.6) is 0 Å². The number of benzene rings is 1. The van der Waals surface area contributed by atoms with Gasteiger partial charge in [-0.25, -0.2) is 0 Å². The lowest BCUT2D eigenvalue weighted by Gasteiger charge is -2.24. The van der Waals surface area contributed by atoms with Gasteiger partial charge in [0.25, 0.3) is 11.6 Å². The van der Waals surface area contributed by atoms with Crippen molar-refractivity contribution in [1.29, 1.82) is 0 Å². The Kier molecular flexibility index (Phi) is 9.37.